The number of aryl methyl sites for hydroxylation is 1. The van der Waals surface area contributed by atoms with Crippen molar-refractivity contribution >= 4 is 18.1 Å². The maximum atomic E-state index is 13.4. The fourth-order valence-electron chi connectivity index (χ4n) is 3.07. The van der Waals surface area contributed by atoms with Crippen LogP contribution in [0.15, 0.2) is 49.1 Å². The number of nitrogens with zero attached hydrogens (tertiary/aromatic N) is 4. The van der Waals surface area contributed by atoms with Crippen LogP contribution in [-0.4, -0.2) is 72.3 Å². The number of imidazole rings is 1. The van der Waals surface area contributed by atoms with E-state index in [1.54, 1.807) is 23.8 Å². The summed E-state index contributed by atoms with van der Waals surface area (Å²) in [7, 11) is 3.17. The summed E-state index contributed by atoms with van der Waals surface area (Å²) in [4.78, 5) is 32.1. The minimum atomic E-state index is -0.337. The van der Waals surface area contributed by atoms with Crippen LogP contribution in [0.1, 0.15) is 21.6 Å². The van der Waals surface area contributed by atoms with Gasteiger partial charge in [0.05, 0.1) is 19.8 Å². The monoisotopic (exact) mass is 456 g/mol. The summed E-state index contributed by atoms with van der Waals surface area (Å²) in [6, 6.07) is 8.13. The molecule has 2 amide bonds. The first-order chi connectivity index (χ1) is 15.9. The van der Waals surface area contributed by atoms with Crippen molar-refractivity contribution in [2.45, 2.75) is 20.1 Å². The van der Waals surface area contributed by atoms with E-state index in [0.29, 0.717) is 19.5 Å². The fourth-order valence-corrected chi connectivity index (χ4v) is 3.07. The van der Waals surface area contributed by atoms with Crippen LogP contribution in [0, 0.1) is 6.92 Å². The number of aliphatic hydroxyl groups excluding tert-OH is 1. The lowest BCUT2D eigenvalue weighted by Crippen LogP contribution is -2.33. The lowest BCUT2D eigenvalue weighted by Gasteiger charge is -2.20. The van der Waals surface area contributed by atoms with Gasteiger partial charge in [-0.15, -0.1) is 0 Å². The molecular weight excluding hydrogens is 424 g/mol. The van der Waals surface area contributed by atoms with Gasteiger partial charge in [0.15, 0.2) is 11.5 Å². The van der Waals surface area contributed by atoms with E-state index in [9.17, 15) is 9.59 Å². The fraction of sp³-hybridized carbons (Fsp3) is 0.375. The molecule has 1 aromatic carbocycles. The number of carbonyl (C=O) groups excluding carboxylic acids is 2. The number of amides is 2. The second-order valence-corrected chi connectivity index (χ2v) is 7.40. The van der Waals surface area contributed by atoms with Crippen LogP contribution in [0.3, 0.4) is 0 Å². The van der Waals surface area contributed by atoms with E-state index in [1.165, 1.54) is 16.8 Å². The van der Waals surface area contributed by atoms with Gasteiger partial charge in [-0.05, 0) is 12.5 Å². The summed E-state index contributed by atoms with van der Waals surface area (Å²) in [5, 5.41) is 8.85. The highest BCUT2D eigenvalue weighted by molar-refractivity contribution is 5.99. The van der Waals surface area contributed by atoms with Crippen LogP contribution in [-0.2, 0) is 22.7 Å². The Kier molecular flexibility index (Phi) is 10.3. The molecule has 0 fully saturated rings. The van der Waals surface area contributed by atoms with E-state index in [-0.39, 0.29) is 49.9 Å². The summed E-state index contributed by atoms with van der Waals surface area (Å²) in [6.07, 6.45) is 5.81. The van der Waals surface area contributed by atoms with Gasteiger partial charge in [0.1, 0.15) is 6.61 Å². The predicted molar refractivity (Wildman–Crippen MR) is 126 cm³/mol. The molecule has 0 aliphatic heterocycles. The van der Waals surface area contributed by atoms with Crippen molar-refractivity contribution in [1.29, 1.82) is 0 Å². The van der Waals surface area contributed by atoms with Gasteiger partial charge in [-0.25, -0.2) is 0 Å². The van der Waals surface area contributed by atoms with Gasteiger partial charge in [0.25, 0.3) is 11.9 Å². The third-order valence-electron chi connectivity index (χ3n) is 4.77. The molecule has 1 aromatic heterocycles. The van der Waals surface area contributed by atoms with Gasteiger partial charge in [-0.3, -0.25) is 14.2 Å². The van der Waals surface area contributed by atoms with Crippen molar-refractivity contribution in [3.8, 4) is 6.01 Å². The van der Waals surface area contributed by atoms with Crippen LogP contribution in [0.4, 0.5) is 5.82 Å². The molecule has 0 aliphatic rings. The molecule has 1 heterocycles. The Balaban J connectivity index is 2.40. The molecule has 0 spiro atoms. The van der Waals surface area contributed by atoms with E-state index in [1.807, 2.05) is 37.3 Å². The number of anilines is 1. The van der Waals surface area contributed by atoms with Crippen molar-refractivity contribution < 1.29 is 24.2 Å². The third-order valence-corrected chi connectivity index (χ3v) is 4.77. The molecule has 33 heavy (non-hydrogen) atoms. The number of allylic oxidation sites excluding steroid dienone is 3. The quantitative estimate of drug-likeness (QED) is 0.266. The number of rotatable bonds is 14. The third kappa shape index (κ3) is 7.30. The number of carbonyl (C=O) groups is 2. The van der Waals surface area contributed by atoms with Gasteiger partial charge in [0, 0.05) is 27.2 Å². The number of benzene rings is 1. The average molecular weight is 457 g/mol. The molecular formula is C24H32N4O5. The smallest absolute Gasteiger partial charge is 0.299 e. The molecule has 2 rings (SSSR count). The summed E-state index contributed by atoms with van der Waals surface area (Å²) in [5.41, 5.74) is 2.29. The van der Waals surface area contributed by atoms with Crippen molar-refractivity contribution in [1.82, 2.24) is 14.5 Å². The first kappa shape index (κ1) is 25.8. The molecule has 178 valence electrons. The zero-order chi connectivity index (χ0) is 24.2. The van der Waals surface area contributed by atoms with Crippen LogP contribution >= 0.6 is 0 Å². The molecule has 9 nitrogen and oxygen atoms in total. The predicted octanol–water partition coefficient (Wildman–Crippen LogP) is 2.19. The van der Waals surface area contributed by atoms with Crippen LogP contribution in [0.2, 0.25) is 0 Å². The maximum absolute atomic E-state index is 13.4. The average Bonchev–Trinajstić information content (AvgIpc) is 3.17. The summed E-state index contributed by atoms with van der Waals surface area (Å²) < 4.78 is 12.9. The van der Waals surface area contributed by atoms with Gasteiger partial charge >= 0.3 is 0 Å². The number of aliphatic hydroxyl groups is 1. The molecule has 1 N–H and O–H groups in total. The molecule has 2 aromatic rings. The molecule has 0 bridgehead atoms. The molecule has 9 heteroatoms. The van der Waals surface area contributed by atoms with Crippen LogP contribution < -0.4 is 9.64 Å². The van der Waals surface area contributed by atoms with E-state index in [2.05, 4.69) is 11.6 Å². The molecule has 0 saturated heterocycles. The van der Waals surface area contributed by atoms with Crippen molar-refractivity contribution in [3.63, 3.8) is 0 Å². The minimum Gasteiger partial charge on any atom is -0.460 e. The summed E-state index contributed by atoms with van der Waals surface area (Å²) in [5.74, 6) is -0.138. The Labute approximate surface area is 194 Å². The molecule has 0 unspecified atom stereocenters. The number of hydrogen-bond acceptors (Lipinski definition) is 6. The highest BCUT2D eigenvalue weighted by atomic mass is 16.5. The lowest BCUT2D eigenvalue weighted by molar-refractivity contribution is -0.107. The second kappa shape index (κ2) is 13.2. The first-order valence-corrected chi connectivity index (χ1v) is 10.6. The van der Waals surface area contributed by atoms with E-state index < -0.39 is 0 Å². The zero-order valence-corrected chi connectivity index (χ0v) is 19.4. The van der Waals surface area contributed by atoms with Gasteiger partial charge in [-0.2, -0.15) is 4.98 Å². The topological polar surface area (TPSA) is 97.1 Å². The lowest BCUT2D eigenvalue weighted by atomic mass is 10.1. The van der Waals surface area contributed by atoms with Crippen LogP contribution in [0.5, 0.6) is 6.01 Å². The van der Waals surface area contributed by atoms with Gasteiger partial charge in [0.2, 0.25) is 6.41 Å². The molecule has 0 radical (unpaired) electrons. The highest BCUT2D eigenvalue weighted by Crippen LogP contribution is 2.27. The Bertz CT molecular complexity index is 970. The standard InChI is InChI=1S/C24H32N4O5/c1-5-6-7-11-28-21(23(31)26(3)12-14-32-15-13-29)22(27(4)18-30)25-24(28)33-17-20-10-8-9-19(2)16-20/h5-10,16,18,29H,1,11-15,17H2,2-4H3/b7-6+. The van der Waals surface area contributed by atoms with Crippen molar-refractivity contribution in [2.75, 3.05) is 45.4 Å². The number of hydrogen-bond donors (Lipinski definition) is 1. The van der Waals surface area contributed by atoms with E-state index in [4.69, 9.17) is 14.6 Å². The Morgan fingerprint density at radius 1 is 1.30 bits per heavy atom. The Morgan fingerprint density at radius 2 is 2.09 bits per heavy atom. The SMILES string of the molecule is C=C/C=C/Cn1c(OCc2cccc(C)c2)nc(N(C)C=O)c1C(=O)N(C)CCOCCO. The minimum absolute atomic E-state index is 0.0873. The summed E-state index contributed by atoms with van der Waals surface area (Å²) in [6.45, 7) is 6.91. The van der Waals surface area contributed by atoms with Crippen molar-refractivity contribution in [2.24, 2.45) is 0 Å². The first-order valence-electron chi connectivity index (χ1n) is 10.6. The Morgan fingerprint density at radius 3 is 2.76 bits per heavy atom. The van der Waals surface area contributed by atoms with Crippen molar-refractivity contribution in [3.05, 3.63) is 65.9 Å². The van der Waals surface area contributed by atoms with Gasteiger partial charge in [-0.1, -0.05) is 54.6 Å². The number of aromatic nitrogens is 2. The molecule has 0 atom stereocenters. The van der Waals surface area contributed by atoms with Crippen LogP contribution in [0.25, 0.3) is 0 Å². The second-order valence-electron chi connectivity index (χ2n) is 7.40. The van der Waals surface area contributed by atoms with Gasteiger partial charge < -0.3 is 24.4 Å². The normalized spacial score (nSPS) is 10.9. The van der Waals surface area contributed by atoms with E-state index >= 15 is 0 Å². The summed E-state index contributed by atoms with van der Waals surface area (Å²) >= 11 is 0. The Hall–Kier alpha value is -3.43. The maximum Gasteiger partial charge on any atom is 0.299 e. The largest absolute Gasteiger partial charge is 0.460 e. The zero-order valence-electron chi connectivity index (χ0n) is 19.4. The molecule has 0 aliphatic carbocycles. The highest BCUT2D eigenvalue weighted by Gasteiger charge is 2.28. The number of ether oxygens (including phenoxy) is 2. The molecule has 0 saturated carbocycles. The number of likely N-dealkylation sites (N-methyl/N-ethyl adjacent to an activating group) is 1. The van der Waals surface area contributed by atoms with E-state index in [0.717, 1.165) is 11.1 Å².